The number of amides is 2. The standard InChI is InChI=1S/C16H20N6O4/c1-21(2)15(24)9-17-14(23)10-26-16(25)13(22-11-18-19-20-22)8-12-6-4-3-5-7-12/h3-7,11,13H,8-10H2,1-2H3,(H,17,23)/t13-/m0/s1. The van der Waals surface area contributed by atoms with E-state index in [0.29, 0.717) is 6.42 Å². The summed E-state index contributed by atoms with van der Waals surface area (Å²) in [6, 6.07) is 8.50. The van der Waals surface area contributed by atoms with Crippen LogP contribution in [0.15, 0.2) is 36.7 Å². The summed E-state index contributed by atoms with van der Waals surface area (Å²) in [4.78, 5) is 36.9. The second-order valence-corrected chi connectivity index (χ2v) is 5.67. The van der Waals surface area contributed by atoms with E-state index < -0.39 is 24.5 Å². The van der Waals surface area contributed by atoms with Gasteiger partial charge in [-0.15, -0.1) is 5.10 Å². The van der Waals surface area contributed by atoms with Crippen molar-refractivity contribution in [1.29, 1.82) is 0 Å². The summed E-state index contributed by atoms with van der Waals surface area (Å²) in [5.41, 5.74) is 0.894. The van der Waals surface area contributed by atoms with Crippen LogP contribution in [-0.4, -0.2) is 70.1 Å². The number of nitrogens with zero attached hydrogens (tertiary/aromatic N) is 5. The zero-order valence-corrected chi connectivity index (χ0v) is 14.5. The zero-order chi connectivity index (χ0) is 18.9. The molecular formula is C16H20N6O4. The predicted octanol–water partition coefficient (Wildman–Crippen LogP) is -0.795. The molecule has 2 aromatic rings. The van der Waals surface area contributed by atoms with Crippen LogP contribution in [0.5, 0.6) is 0 Å². The summed E-state index contributed by atoms with van der Waals surface area (Å²) >= 11 is 0. The number of hydrogen-bond donors (Lipinski definition) is 1. The van der Waals surface area contributed by atoms with Crippen molar-refractivity contribution >= 4 is 17.8 Å². The molecule has 0 aliphatic heterocycles. The van der Waals surface area contributed by atoms with Gasteiger partial charge in [-0.25, -0.2) is 9.48 Å². The molecule has 0 radical (unpaired) electrons. The lowest BCUT2D eigenvalue weighted by molar-refractivity contribution is -0.152. The van der Waals surface area contributed by atoms with Crippen LogP contribution in [0.3, 0.4) is 0 Å². The summed E-state index contributed by atoms with van der Waals surface area (Å²) in [5, 5.41) is 13.2. The normalized spacial score (nSPS) is 11.5. The van der Waals surface area contributed by atoms with Crippen molar-refractivity contribution < 1.29 is 19.1 Å². The molecule has 0 aliphatic carbocycles. The minimum absolute atomic E-state index is 0.163. The quantitative estimate of drug-likeness (QED) is 0.612. The third-order valence-electron chi connectivity index (χ3n) is 3.51. The molecule has 1 atom stereocenters. The van der Waals surface area contributed by atoms with Crippen LogP contribution in [0.4, 0.5) is 0 Å². The van der Waals surface area contributed by atoms with Crippen molar-refractivity contribution in [3.63, 3.8) is 0 Å². The molecular weight excluding hydrogens is 340 g/mol. The number of rotatable bonds is 8. The van der Waals surface area contributed by atoms with E-state index in [1.165, 1.54) is 15.9 Å². The van der Waals surface area contributed by atoms with Gasteiger partial charge < -0.3 is 15.0 Å². The van der Waals surface area contributed by atoms with Crippen LogP contribution in [0.25, 0.3) is 0 Å². The molecule has 10 nitrogen and oxygen atoms in total. The van der Waals surface area contributed by atoms with Gasteiger partial charge in [-0.3, -0.25) is 9.59 Å². The fraction of sp³-hybridized carbons (Fsp3) is 0.375. The molecule has 0 aliphatic rings. The van der Waals surface area contributed by atoms with Crippen molar-refractivity contribution in [2.75, 3.05) is 27.2 Å². The SMILES string of the molecule is CN(C)C(=O)CNC(=O)COC(=O)[C@H](Cc1ccccc1)n1cnnn1. The first-order valence-corrected chi connectivity index (χ1v) is 7.87. The topological polar surface area (TPSA) is 119 Å². The van der Waals surface area contributed by atoms with E-state index >= 15 is 0 Å². The Morgan fingerprint density at radius 3 is 2.58 bits per heavy atom. The second kappa shape index (κ2) is 9.25. The Bertz CT molecular complexity index is 732. The summed E-state index contributed by atoms with van der Waals surface area (Å²) < 4.78 is 6.34. The number of nitrogens with one attached hydrogen (secondary N) is 1. The smallest absolute Gasteiger partial charge is 0.331 e. The monoisotopic (exact) mass is 360 g/mol. The predicted molar refractivity (Wildman–Crippen MR) is 89.7 cm³/mol. The highest BCUT2D eigenvalue weighted by Crippen LogP contribution is 2.14. The van der Waals surface area contributed by atoms with Crippen molar-refractivity contribution in [1.82, 2.24) is 30.4 Å². The molecule has 10 heteroatoms. The summed E-state index contributed by atoms with van der Waals surface area (Å²) in [7, 11) is 3.16. The largest absolute Gasteiger partial charge is 0.454 e. The third kappa shape index (κ3) is 5.65. The Hall–Kier alpha value is -3.30. The molecule has 0 fully saturated rings. The van der Waals surface area contributed by atoms with Crippen LogP contribution in [0, 0.1) is 0 Å². The molecule has 1 N–H and O–H groups in total. The Morgan fingerprint density at radius 2 is 1.96 bits per heavy atom. The van der Waals surface area contributed by atoms with Gasteiger partial charge in [0.15, 0.2) is 12.6 Å². The van der Waals surface area contributed by atoms with Gasteiger partial charge in [0.1, 0.15) is 6.33 Å². The number of benzene rings is 1. The summed E-state index contributed by atoms with van der Waals surface area (Å²) in [5.74, 6) is -1.47. The van der Waals surface area contributed by atoms with Crippen LogP contribution < -0.4 is 5.32 Å². The first kappa shape index (κ1) is 19.0. The lowest BCUT2D eigenvalue weighted by Crippen LogP contribution is -2.38. The van der Waals surface area contributed by atoms with E-state index in [0.717, 1.165) is 5.56 Å². The number of aromatic nitrogens is 4. The summed E-state index contributed by atoms with van der Waals surface area (Å²) in [6.07, 6.45) is 1.62. The molecule has 1 aromatic carbocycles. The number of hydrogen-bond acceptors (Lipinski definition) is 7. The first-order chi connectivity index (χ1) is 12.5. The van der Waals surface area contributed by atoms with Crippen molar-refractivity contribution in [3.05, 3.63) is 42.2 Å². The lowest BCUT2D eigenvalue weighted by atomic mass is 10.1. The average Bonchev–Trinajstić information content (AvgIpc) is 3.17. The van der Waals surface area contributed by atoms with E-state index in [-0.39, 0.29) is 12.5 Å². The fourth-order valence-corrected chi connectivity index (χ4v) is 2.05. The molecule has 138 valence electrons. The average molecular weight is 360 g/mol. The Labute approximate surface area is 150 Å². The molecule has 0 saturated heterocycles. The zero-order valence-electron chi connectivity index (χ0n) is 14.5. The number of tetrazole rings is 1. The fourth-order valence-electron chi connectivity index (χ4n) is 2.05. The van der Waals surface area contributed by atoms with E-state index in [4.69, 9.17) is 4.74 Å². The highest BCUT2D eigenvalue weighted by Gasteiger charge is 2.24. The molecule has 1 aromatic heterocycles. The van der Waals surface area contributed by atoms with Gasteiger partial charge in [0, 0.05) is 20.5 Å². The maximum Gasteiger partial charge on any atom is 0.331 e. The van der Waals surface area contributed by atoms with Crippen LogP contribution >= 0.6 is 0 Å². The maximum atomic E-state index is 12.4. The molecule has 0 bridgehead atoms. The van der Waals surface area contributed by atoms with Gasteiger partial charge in [0.05, 0.1) is 6.54 Å². The van der Waals surface area contributed by atoms with Crippen LogP contribution in [0.1, 0.15) is 11.6 Å². The minimum atomic E-state index is -0.802. The van der Waals surface area contributed by atoms with Gasteiger partial charge in [0.25, 0.3) is 5.91 Å². The Balaban J connectivity index is 1.92. The number of carbonyl (C=O) groups excluding carboxylic acids is 3. The molecule has 1 heterocycles. The molecule has 2 amide bonds. The Kier molecular flexibility index (Phi) is 6.77. The highest BCUT2D eigenvalue weighted by molar-refractivity contribution is 5.86. The van der Waals surface area contributed by atoms with Gasteiger partial charge in [-0.1, -0.05) is 30.3 Å². The second-order valence-electron chi connectivity index (χ2n) is 5.67. The van der Waals surface area contributed by atoms with Gasteiger partial charge in [-0.2, -0.15) is 0 Å². The third-order valence-corrected chi connectivity index (χ3v) is 3.51. The number of carbonyl (C=O) groups is 3. The highest BCUT2D eigenvalue weighted by atomic mass is 16.5. The van der Waals surface area contributed by atoms with E-state index in [1.807, 2.05) is 30.3 Å². The van der Waals surface area contributed by atoms with Crippen molar-refractivity contribution in [3.8, 4) is 0 Å². The van der Waals surface area contributed by atoms with Crippen LogP contribution in [0.2, 0.25) is 0 Å². The maximum absolute atomic E-state index is 12.4. The summed E-state index contributed by atoms with van der Waals surface area (Å²) in [6.45, 7) is -0.656. The number of ether oxygens (including phenoxy) is 1. The van der Waals surface area contributed by atoms with E-state index in [2.05, 4.69) is 20.8 Å². The molecule has 26 heavy (non-hydrogen) atoms. The van der Waals surface area contributed by atoms with Gasteiger partial charge >= 0.3 is 5.97 Å². The molecule has 0 saturated carbocycles. The molecule has 0 unspecified atom stereocenters. The van der Waals surface area contributed by atoms with Crippen LogP contribution in [-0.2, 0) is 25.5 Å². The van der Waals surface area contributed by atoms with E-state index in [9.17, 15) is 14.4 Å². The van der Waals surface area contributed by atoms with Gasteiger partial charge in [0.2, 0.25) is 5.91 Å². The molecule has 2 rings (SSSR count). The first-order valence-electron chi connectivity index (χ1n) is 7.87. The number of likely N-dealkylation sites (N-methyl/N-ethyl adjacent to an activating group) is 1. The van der Waals surface area contributed by atoms with E-state index in [1.54, 1.807) is 14.1 Å². The molecule has 0 spiro atoms. The van der Waals surface area contributed by atoms with Gasteiger partial charge in [-0.05, 0) is 16.0 Å². The minimum Gasteiger partial charge on any atom is -0.454 e. The Morgan fingerprint density at radius 1 is 1.23 bits per heavy atom. The lowest BCUT2D eigenvalue weighted by Gasteiger charge is -2.16. The number of esters is 1. The van der Waals surface area contributed by atoms with Crippen molar-refractivity contribution in [2.24, 2.45) is 0 Å². The van der Waals surface area contributed by atoms with Crippen molar-refractivity contribution in [2.45, 2.75) is 12.5 Å².